The number of phosphoric acid groups is 2. The lowest BCUT2D eigenvalue weighted by Crippen LogP contribution is -2.30. The zero-order valence-electron chi connectivity index (χ0n) is 60.6. The fraction of sp³-hybridized carbons (Fsp3) is 0.946. The summed E-state index contributed by atoms with van der Waals surface area (Å²) in [5.74, 6) is -0.502. The third kappa shape index (κ3) is 67.0. The molecule has 3 unspecified atom stereocenters. The van der Waals surface area contributed by atoms with E-state index in [0.29, 0.717) is 25.7 Å². The summed E-state index contributed by atoms with van der Waals surface area (Å²) in [5, 5.41) is 10.6. The van der Waals surface area contributed by atoms with Crippen LogP contribution < -0.4 is 0 Å². The van der Waals surface area contributed by atoms with Gasteiger partial charge in [0, 0.05) is 25.7 Å². The van der Waals surface area contributed by atoms with Gasteiger partial charge in [0.1, 0.15) is 19.3 Å². The second-order valence-corrected chi connectivity index (χ2v) is 30.3. The van der Waals surface area contributed by atoms with E-state index in [1.54, 1.807) is 0 Å². The minimum atomic E-state index is -4.96. The molecule has 0 saturated carbocycles. The summed E-state index contributed by atoms with van der Waals surface area (Å²) in [4.78, 5) is 72.6. The highest BCUT2D eigenvalue weighted by molar-refractivity contribution is 7.47. The molecule has 19 heteroatoms. The Morgan fingerprint density at radius 1 is 0.312 bits per heavy atom. The number of esters is 4. The van der Waals surface area contributed by atoms with E-state index >= 15 is 0 Å². The lowest BCUT2D eigenvalue weighted by atomic mass is 9.99. The molecule has 17 nitrogen and oxygen atoms in total. The summed E-state index contributed by atoms with van der Waals surface area (Å²) in [5.41, 5.74) is 0. The van der Waals surface area contributed by atoms with Gasteiger partial charge in [0.2, 0.25) is 0 Å². The van der Waals surface area contributed by atoms with Gasteiger partial charge in [-0.25, -0.2) is 9.13 Å². The van der Waals surface area contributed by atoms with Crippen LogP contribution in [0.2, 0.25) is 0 Å². The number of aliphatic hydroxyl groups excluding tert-OH is 1. The van der Waals surface area contributed by atoms with Crippen molar-refractivity contribution in [3.05, 3.63) is 0 Å². The smallest absolute Gasteiger partial charge is 0.462 e. The molecular weight excluding hydrogens is 1220 g/mol. The summed E-state index contributed by atoms with van der Waals surface area (Å²) in [7, 11) is -9.90. The molecule has 0 saturated heterocycles. The molecule has 0 aromatic rings. The van der Waals surface area contributed by atoms with E-state index < -0.39 is 97.5 Å². The third-order valence-corrected chi connectivity index (χ3v) is 19.5. The van der Waals surface area contributed by atoms with Crippen molar-refractivity contribution in [3.63, 3.8) is 0 Å². The molecule has 552 valence electrons. The summed E-state index contributed by atoms with van der Waals surface area (Å²) >= 11 is 0. The van der Waals surface area contributed by atoms with Crippen LogP contribution in [0.15, 0.2) is 0 Å². The van der Waals surface area contributed by atoms with E-state index in [2.05, 4.69) is 41.5 Å². The molecule has 0 aliphatic rings. The molecule has 0 aliphatic carbocycles. The highest BCUT2D eigenvalue weighted by Crippen LogP contribution is 2.45. The van der Waals surface area contributed by atoms with Crippen LogP contribution in [-0.4, -0.2) is 96.7 Å². The lowest BCUT2D eigenvalue weighted by Gasteiger charge is -2.21. The molecule has 0 aromatic carbocycles. The topological polar surface area (TPSA) is 237 Å². The summed E-state index contributed by atoms with van der Waals surface area (Å²) < 4.78 is 68.4. The van der Waals surface area contributed by atoms with E-state index in [1.807, 2.05) is 0 Å². The number of hydrogen-bond acceptors (Lipinski definition) is 15. The van der Waals surface area contributed by atoms with Crippen LogP contribution in [0, 0.1) is 11.8 Å². The minimum absolute atomic E-state index is 0.107. The Labute approximate surface area is 568 Å². The number of ether oxygens (including phenoxy) is 4. The van der Waals surface area contributed by atoms with Crippen molar-refractivity contribution < 1.29 is 80.2 Å². The number of unbranched alkanes of at least 4 members (excludes halogenated alkanes) is 42. The first kappa shape index (κ1) is 91.1. The van der Waals surface area contributed by atoms with Gasteiger partial charge in [0.15, 0.2) is 12.2 Å². The zero-order chi connectivity index (χ0) is 68.6. The molecule has 6 atom stereocenters. The molecule has 93 heavy (non-hydrogen) atoms. The van der Waals surface area contributed by atoms with Crippen molar-refractivity contribution in [2.24, 2.45) is 11.8 Å². The summed E-state index contributed by atoms with van der Waals surface area (Å²) in [6.07, 6.45) is 52.6. The highest BCUT2D eigenvalue weighted by Gasteiger charge is 2.30. The largest absolute Gasteiger partial charge is 0.472 e. The van der Waals surface area contributed by atoms with Crippen LogP contribution in [0.1, 0.15) is 382 Å². The van der Waals surface area contributed by atoms with Gasteiger partial charge in [-0.1, -0.05) is 330 Å². The van der Waals surface area contributed by atoms with Gasteiger partial charge in [-0.3, -0.25) is 37.3 Å². The minimum Gasteiger partial charge on any atom is -0.462 e. The number of carbonyl (C=O) groups excluding carboxylic acids is 4. The normalized spacial score (nSPS) is 14.3. The van der Waals surface area contributed by atoms with Gasteiger partial charge >= 0.3 is 39.5 Å². The van der Waals surface area contributed by atoms with Crippen molar-refractivity contribution in [1.29, 1.82) is 0 Å². The first-order chi connectivity index (χ1) is 44.9. The summed E-state index contributed by atoms with van der Waals surface area (Å²) in [6.45, 7) is 9.62. The van der Waals surface area contributed by atoms with Crippen LogP contribution in [0.25, 0.3) is 0 Å². The Bertz CT molecular complexity index is 1810. The van der Waals surface area contributed by atoms with Gasteiger partial charge < -0.3 is 33.8 Å². The molecule has 0 aromatic heterocycles. The second kappa shape index (κ2) is 66.0. The van der Waals surface area contributed by atoms with Crippen molar-refractivity contribution in [3.8, 4) is 0 Å². The Hall–Kier alpha value is -1.94. The molecule has 0 aliphatic heterocycles. The molecule has 0 bridgehead atoms. The van der Waals surface area contributed by atoms with Crippen LogP contribution in [-0.2, 0) is 65.4 Å². The molecule has 0 rings (SSSR count). The van der Waals surface area contributed by atoms with Crippen molar-refractivity contribution in [1.82, 2.24) is 0 Å². The molecule has 0 heterocycles. The fourth-order valence-electron chi connectivity index (χ4n) is 11.3. The molecule has 0 radical (unpaired) electrons. The maximum Gasteiger partial charge on any atom is 0.472 e. The lowest BCUT2D eigenvalue weighted by molar-refractivity contribution is -0.161. The number of carbonyl (C=O) groups is 4. The molecular formula is C74H144O17P2. The van der Waals surface area contributed by atoms with Crippen molar-refractivity contribution in [2.45, 2.75) is 400 Å². The average Bonchev–Trinajstić information content (AvgIpc) is 1.64. The number of rotatable bonds is 73. The van der Waals surface area contributed by atoms with Crippen LogP contribution in [0.4, 0.5) is 0 Å². The Morgan fingerprint density at radius 3 is 0.817 bits per heavy atom. The van der Waals surface area contributed by atoms with E-state index in [0.717, 1.165) is 108 Å². The molecule has 0 amide bonds. The fourth-order valence-corrected chi connectivity index (χ4v) is 12.8. The first-order valence-electron chi connectivity index (χ1n) is 38.5. The Kier molecular flexibility index (Phi) is 64.6. The number of aliphatic hydroxyl groups is 1. The van der Waals surface area contributed by atoms with Crippen LogP contribution in [0.5, 0.6) is 0 Å². The molecule has 0 spiro atoms. The van der Waals surface area contributed by atoms with Crippen LogP contribution in [0.3, 0.4) is 0 Å². The predicted octanol–water partition coefficient (Wildman–Crippen LogP) is 21.6. The second-order valence-electron chi connectivity index (χ2n) is 27.4. The van der Waals surface area contributed by atoms with Gasteiger partial charge in [-0.05, 0) is 37.5 Å². The van der Waals surface area contributed by atoms with Gasteiger partial charge in [-0.2, -0.15) is 0 Å². The van der Waals surface area contributed by atoms with E-state index in [-0.39, 0.29) is 25.7 Å². The average molecular weight is 1370 g/mol. The van der Waals surface area contributed by atoms with E-state index in [9.17, 15) is 43.2 Å². The van der Waals surface area contributed by atoms with Crippen molar-refractivity contribution in [2.75, 3.05) is 39.6 Å². The van der Waals surface area contributed by atoms with E-state index in [4.69, 9.17) is 37.0 Å². The van der Waals surface area contributed by atoms with Crippen LogP contribution >= 0.6 is 15.6 Å². The third-order valence-electron chi connectivity index (χ3n) is 17.6. The highest BCUT2D eigenvalue weighted by atomic mass is 31.2. The van der Waals surface area contributed by atoms with Gasteiger partial charge in [0.25, 0.3) is 0 Å². The standard InChI is InChI=1S/C74H144O17P2/c1-7-10-12-14-16-18-19-22-28-34-40-46-52-58-73(78)90-69(62-84-71(76)56-50-44-38-17-15-13-11-8-2)64-88-92(80,81)86-60-68(75)61-87-93(82,83)89-65-70(63-85-72(77)57-51-45-39-33-30-25-26-31-36-42-48-54-66(4)5)91-74(79)59-53-47-41-35-29-24-21-20-23-27-32-37-43-49-55-67(6)9-3/h66-70,75H,7-65H2,1-6H3,(H,80,81)(H,82,83)/t67?,68-,69+,70+/m0/s1. The predicted molar refractivity (Wildman–Crippen MR) is 377 cm³/mol. The summed E-state index contributed by atoms with van der Waals surface area (Å²) in [6, 6.07) is 0. The Morgan fingerprint density at radius 2 is 0.548 bits per heavy atom. The maximum atomic E-state index is 13.1. The Balaban J connectivity index is 5.22. The molecule has 0 fully saturated rings. The zero-order valence-corrected chi connectivity index (χ0v) is 62.3. The number of hydrogen-bond donors (Lipinski definition) is 3. The maximum absolute atomic E-state index is 13.1. The molecule has 3 N–H and O–H groups in total. The monoisotopic (exact) mass is 1370 g/mol. The van der Waals surface area contributed by atoms with Gasteiger partial charge in [0.05, 0.1) is 26.4 Å². The van der Waals surface area contributed by atoms with Crippen molar-refractivity contribution >= 4 is 39.5 Å². The quantitative estimate of drug-likeness (QED) is 0.0222. The number of phosphoric ester groups is 2. The first-order valence-corrected chi connectivity index (χ1v) is 41.5. The SMILES string of the molecule is CCCCCCCCCCCCCCCC(=O)O[C@H](COC(=O)CCCCCCCCCC)COP(=O)(O)OC[C@H](O)COP(=O)(O)OC[C@@H](COC(=O)CCCCCCCCCCCCCC(C)C)OC(=O)CCCCCCCCCCCCCCCCC(C)CC. The van der Waals surface area contributed by atoms with E-state index in [1.165, 1.54) is 193 Å². The van der Waals surface area contributed by atoms with Gasteiger partial charge in [-0.15, -0.1) is 0 Å².